The van der Waals surface area contributed by atoms with Crippen LogP contribution in [0.4, 0.5) is 8.78 Å². The fraction of sp³-hybridized carbons (Fsp3) is 0.556. The van der Waals surface area contributed by atoms with E-state index in [0.717, 1.165) is 35.3 Å². The van der Waals surface area contributed by atoms with E-state index in [2.05, 4.69) is 9.97 Å². The molecular weight excluding hydrogens is 312 g/mol. The van der Waals surface area contributed by atoms with E-state index in [0.29, 0.717) is 13.1 Å². The number of likely N-dealkylation sites (tertiary alicyclic amines) is 1. The largest absolute Gasteiger partial charge is 0.342 e. The van der Waals surface area contributed by atoms with Crippen molar-refractivity contribution in [1.82, 2.24) is 14.9 Å². The van der Waals surface area contributed by atoms with Gasteiger partial charge in [-0.1, -0.05) is 6.07 Å². The molecule has 24 heavy (non-hydrogen) atoms. The van der Waals surface area contributed by atoms with Crippen molar-refractivity contribution in [3.05, 3.63) is 29.6 Å². The number of aromatic nitrogens is 2. The predicted octanol–water partition coefficient (Wildman–Crippen LogP) is 3.87. The molecular formula is C18H23F2N3O. The number of fused-ring (bicyclic) bond motifs is 1. The number of nitrogens with zero attached hydrogens (tertiary/aromatic N) is 2. The van der Waals surface area contributed by atoms with Crippen LogP contribution in [0.2, 0.25) is 0 Å². The van der Waals surface area contributed by atoms with Crippen molar-refractivity contribution in [2.24, 2.45) is 5.41 Å². The summed E-state index contributed by atoms with van der Waals surface area (Å²) >= 11 is 0. The van der Waals surface area contributed by atoms with Gasteiger partial charge in [-0.05, 0) is 51.3 Å². The number of carbonyl (C=O) groups is 1. The van der Waals surface area contributed by atoms with E-state index in [4.69, 9.17) is 0 Å². The second kappa shape index (κ2) is 6.15. The Morgan fingerprint density at radius 2 is 2.17 bits per heavy atom. The third-order valence-electron chi connectivity index (χ3n) is 4.85. The Morgan fingerprint density at radius 1 is 1.42 bits per heavy atom. The highest BCUT2D eigenvalue weighted by Crippen LogP contribution is 2.32. The number of hydrogen-bond acceptors (Lipinski definition) is 2. The van der Waals surface area contributed by atoms with Crippen molar-refractivity contribution in [3.63, 3.8) is 0 Å². The van der Waals surface area contributed by atoms with Crippen molar-refractivity contribution in [2.75, 3.05) is 13.1 Å². The summed E-state index contributed by atoms with van der Waals surface area (Å²) in [5.74, 6) is 0.418. The number of carbonyl (C=O) groups excluding carboxylic acids is 1. The summed E-state index contributed by atoms with van der Waals surface area (Å²) in [5.41, 5.74) is 1.37. The van der Waals surface area contributed by atoms with Gasteiger partial charge in [0, 0.05) is 19.0 Å². The predicted molar refractivity (Wildman–Crippen MR) is 89.2 cm³/mol. The number of imidazole rings is 1. The Balaban J connectivity index is 1.81. The summed E-state index contributed by atoms with van der Waals surface area (Å²) in [4.78, 5) is 22.0. The van der Waals surface area contributed by atoms with E-state index in [1.807, 2.05) is 25.1 Å². The highest BCUT2D eigenvalue weighted by atomic mass is 19.3. The summed E-state index contributed by atoms with van der Waals surface area (Å²) < 4.78 is 26.3. The zero-order chi connectivity index (χ0) is 17.5. The SMILES string of the molecule is Cc1ccc2nc(C3CCCN(C(=O)C(C)(C)C(F)F)C3)[nH]c2c1. The van der Waals surface area contributed by atoms with Crippen LogP contribution >= 0.6 is 0 Å². The van der Waals surface area contributed by atoms with Gasteiger partial charge in [-0.25, -0.2) is 13.8 Å². The van der Waals surface area contributed by atoms with Crippen molar-refractivity contribution in [2.45, 2.75) is 46.0 Å². The molecule has 0 radical (unpaired) electrons. The molecule has 1 aromatic carbocycles. The Morgan fingerprint density at radius 3 is 2.88 bits per heavy atom. The number of nitrogens with one attached hydrogen (secondary N) is 1. The standard InChI is InChI=1S/C18H23F2N3O/c1-11-6-7-13-14(9-11)22-15(21-13)12-5-4-8-23(10-12)17(24)18(2,3)16(19)20/h6-7,9,12,16H,4-5,8,10H2,1-3H3,(H,21,22). The lowest BCUT2D eigenvalue weighted by Crippen LogP contribution is -2.48. The minimum absolute atomic E-state index is 0.0591. The van der Waals surface area contributed by atoms with Gasteiger partial charge in [0.15, 0.2) is 0 Å². The molecule has 1 unspecified atom stereocenters. The molecule has 0 saturated carbocycles. The first-order chi connectivity index (χ1) is 11.3. The Labute approximate surface area is 140 Å². The lowest BCUT2D eigenvalue weighted by molar-refractivity contribution is -0.150. The number of hydrogen-bond donors (Lipinski definition) is 1. The van der Waals surface area contributed by atoms with Crippen molar-refractivity contribution in [3.8, 4) is 0 Å². The number of alkyl halides is 2. The van der Waals surface area contributed by atoms with E-state index >= 15 is 0 Å². The van der Waals surface area contributed by atoms with E-state index in [1.54, 1.807) is 4.90 Å². The topological polar surface area (TPSA) is 49.0 Å². The Kier molecular flexibility index (Phi) is 4.32. The van der Waals surface area contributed by atoms with Gasteiger partial charge in [0.25, 0.3) is 6.43 Å². The second-order valence-electron chi connectivity index (χ2n) is 7.26. The Hall–Kier alpha value is -1.98. The van der Waals surface area contributed by atoms with E-state index < -0.39 is 17.7 Å². The average Bonchev–Trinajstić information content (AvgIpc) is 2.97. The number of halogens is 2. The van der Waals surface area contributed by atoms with Crippen LogP contribution in [-0.4, -0.2) is 40.3 Å². The van der Waals surface area contributed by atoms with Gasteiger partial charge in [-0.3, -0.25) is 4.79 Å². The summed E-state index contributed by atoms with van der Waals surface area (Å²) in [6.07, 6.45) is -0.969. The second-order valence-corrected chi connectivity index (χ2v) is 7.26. The van der Waals surface area contributed by atoms with Crippen LogP contribution in [0.3, 0.4) is 0 Å². The molecule has 1 N–H and O–H groups in total. The van der Waals surface area contributed by atoms with Crippen molar-refractivity contribution in [1.29, 1.82) is 0 Å². The number of benzene rings is 1. The third-order valence-corrected chi connectivity index (χ3v) is 4.85. The number of aromatic amines is 1. The number of amides is 1. The minimum atomic E-state index is -2.67. The maximum Gasteiger partial charge on any atom is 0.252 e. The van der Waals surface area contributed by atoms with Gasteiger partial charge >= 0.3 is 0 Å². The maximum atomic E-state index is 13.1. The quantitative estimate of drug-likeness (QED) is 0.926. The molecule has 2 heterocycles. The fourth-order valence-electron chi connectivity index (χ4n) is 3.22. The lowest BCUT2D eigenvalue weighted by atomic mass is 9.89. The number of piperidine rings is 1. The first-order valence-corrected chi connectivity index (χ1v) is 8.33. The molecule has 0 bridgehead atoms. The first kappa shape index (κ1) is 16.9. The normalized spacial score (nSPS) is 19.2. The van der Waals surface area contributed by atoms with Crippen LogP contribution in [0.1, 0.15) is 44.0 Å². The monoisotopic (exact) mass is 335 g/mol. The molecule has 130 valence electrons. The Bertz CT molecular complexity index is 754. The van der Waals surface area contributed by atoms with Crippen LogP contribution in [0, 0.1) is 12.3 Å². The van der Waals surface area contributed by atoms with Crippen LogP contribution in [0.25, 0.3) is 11.0 Å². The van der Waals surface area contributed by atoms with Gasteiger partial charge in [0.1, 0.15) is 11.2 Å². The molecule has 0 aliphatic carbocycles. The molecule has 1 aromatic heterocycles. The summed E-state index contributed by atoms with van der Waals surface area (Å²) in [7, 11) is 0. The van der Waals surface area contributed by atoms with Gasteiger partial charge in [0.2, 0.25) is 5.91 Å². The smallest absolute Gasteiger partial charge is 0.252 e. The molecule has 6 heteroatoms. The molecule has 1 amide bonds. The van der Waals surface area contributed by atoms with Crippen LogP contribution in [-0.2, 0) is 4.79 Å². The number of rotatable bonds is 3. The maximum absolute atomic E-state index is 13.1. The van der Waals surface area contributed by atoms with Gasteiger partial charge in [-0.2, -0.15) is 0 Å². The van der Waals surface area contributed by atoms with Gasteiger partial charge in [-0.15, -0.1) is 0 Å². The molecule has 1 aliphatic heterocycles. The molecule has 1 saturated heterocycles. The number of aryl methyl sites for hydroxylation is 1. The zero-order valence-electron chi connectivity index (χ0n) is 14.3. The third kappa shape index (κ3) is 3.01. The molecule has 4 nitrogen and oxygen atoms in total. The molecule has 1 aliphatic rings. The molecule has 1 atom stereocenters. The van der Waals surface area contributed by atoms with Crippen LogP contribution in [0.15, 0.2) is 18.2 Å². The van der Waals surface area contributed by atoms with Crippen molar-refractivity contribution < 1.29 is 13.6 Å². The van der Waals surface area contributed by atoms with Crippen molar-refractivity contribution >= 4 is 16.9 Å². The minimum Gasteiger partial charge on any atom is -0.342 e. The highest BCUT2D eigenvalue weighted by molar-refractivity contribution is 5.82. The highest BCUT2D eigenvalue weighted by Gasteiger charge is 2.42. The lowest BCUT2D eigenvalue weighted by Gasteiger charge is -2.36. The summed E-state index contributed by atoms with van der Waals surface area (Å²) in [6, 6.07) is 6.02. The zero-order valence-corrected chi connectivity index (χ0v) is 14.3. The van der Waals surface area contributed by atoms with E-state index in [-0.39, 0.29) is 5.92 Å². The average molecular weight is 335 g/mol. The van der Waals surface area contributed by atoms with E-state index in [1.165, 1.54) is 13.8 Å². The summed E-state index contributed by atoms with van der Waals surface area (Å²) in [5, 5.41) is 0. The molecule has 3 rings (SSSR count). The molecule has 2 aromatic rings. The van der Waals surface area contributed by atoms with Crippen LogP contribution in [0.5, 0.6) is 0 Å². The summed E-state index contributed by atoms with van der Waals surface area (Å²) in [6.45, 7) is 5.62. The number of H-pyrrole nitrogens is 1. The first-order valence-electron chi connectivity index (χ1n) is 8.33. The van der Waals surface area contributed by atoms with Gasteiger partial charge in [0.05, 0.1) is 11.0 Å². The molecule has 1 fully saturated rings. The van der Waals surface area contributed by atoms with Gasteiger partial charge < -0.3 is 9.88 Å². The molecule has 0 spiro atoms. The fourth-order valence-corrected chi connectivity index (χ4v) is 3.22. The van der Waals surface area contributed by atoms with E-state index in [9.17, 15) is 13.6 Å². The van der Waals surface area contributed by atoms with Crippen LogP contribution < -0.4 is 0 Å².